The number of sulfonamides is 1. The van der Waals surface area contributed by atoms with Gasteiger partial charge in [-0.3, -0.25) is 4.72 Å². The highest BCUT2D eigenvalue weighted by atomic mass is 32.2. The van der Waals surface area contributed by atoms with Gasteiger partial charge in [0.15, 0.2) is 0 Å². The molecule has 0 spiro atoms. The van der Waals surface area contributed by atoms with Crippen LogP contribution in [0.15, 0.2) is 35.2 Å². The maximum absolute atomic E-state index is 12.5. The van der Waals surface area contributed by atoms with Crippen molar-refractivity contribution >= 4 is 21.5 Å². The van der Waals surface area contributed by atoms with Gasteiger partial charge in [-0.25, -0.2) is 13.4 Å². The average Bonchev–Trinajstić information content (AvgIpc) is 2.33. The second-order valence-electron chi connectivity index (χ2n) is 4.71. The summed E-state index contributed by atoms with van der Waals surface area (Å²) in [4.78, 5) is 4.25. The van der Waals surface area contributed by atoms with Crippen LogP contribution in [0, 0.1) is 20.8 Å². The van der Waals surface area contributed by atoms with Crippen LogP contribution in [-0.4, -0.2) is 13.4 Å². The monoisotopic (exact) mass is 291 g/mol. The Hall–Kier alpha value is -2.08. The van der Waals surface area contributed by atoms with Crippen molar-refractivity contribution in [3.8, 4) is 0 Å². The molecule has 1 aromatic heterocycles. The Morgan fingerprint density at radius 3 is 2.35 bits per heavy atom. The molecule has 0 bridgehead atoms. The van der Waals surface area contributed by atoms with Crippen LogP contribution in [0.2, 0.25) is 0 Å². The van der Waals surface area contributed by atoms with Crippen LogP contribution in [0.25, 0.3) is 0 Å². The summed E-state index contributed by atoms with van der Waals surface area (Å²) < 4.78 is 27.4. The van der Waals surface area contributed by atoms with Gasteiger partial charge in [-0.2, -0.15) is 0 Å². The molecule has 0 aliphatic heterocycles. The second-order valence-corrected chi connectivity index (χ2v) is 6.33. The molecular formula is C14H17N3O2S. The van der Waals surface area contributed by atoms with Crippen LogP contribution in [0.5, 0.6) is 0 Å². The zero-order valence-corrected chi connectivity index (χ0v) is 12.5. The lowest BCUT2D eigenvalue weighted by molar-refractivity contribution is 0.601. The molecule has 2 rings (SSSR count). The van der Waals surface area contributed by atoms with Gasteiger partial charge in [-0.1, -0.05) is 18.2 Å². The summed E-state index contributed by atoms with van der Waals surface area (Å²) >= 11 is 0. The number of nitrogens with one attached hydrogen (secondary N) is 1. The van der Waals surface area contributed by atoms with E-state index in [0.717, 1.165) is 11.3 Å². The van der Waals surface area contributed by atoms with E-state index >= 15 is 0 Å². The van der Waals surface area contributed by atoms with E-state index in [0.29, 0.717) is 5.56 Å². The lowest BCUT2D eigenvalue weighted by atomic mass is 10.1. The number of hydrogen-bond acceptors (Lipinski definition) is 4. The molecule has 106 valence electrons. The van der Waals surface area contributed by atoms with Crippen LogP contribution < -0.4 is 10.5 Å². The van der Waals surface area contributed by atoms with Crippen molar-refractivity contribution in [3.05, 3.63) is 47.2 Å². The molecule has 0 saturated carbocycles. The van der Waals surface area contributed by atoms with Crippen molar-refractivity contribution in [3.63, 3.8) is 0 Å². The maximum atomic E-state index is 12.5. The fourth-order valence-corrected chi connectivity index (χ4v) is 3.39. The summed E-state index contributed by atoms with van der Waals surface area (Å²) in [5.74, 6) is 0.283. The molecule has 0 radical (unpaired) electrons. The van der Waals surface area contributed by atoms with Gasteiger partial charge >= 0.3 is 0 Å². The van der Waals surface area contributed by atoms with E-state index in [2.05, 4.69) is 9.71 Å². The molecule has 3 N–H and O–H groups in total. The molecule has 5 nitrogen and oxygen atoms in total. The highest BCUT2D eigenvalue weighted by Gasteiger charge is 2.21. The van der Waals surface area contributed by atoms with Crippen molar-refractivity contribution < 1.29 is 8.42 Å². The van der Waals surface area contributed by atoms with Gasteiger partial charge in [0.05, 0.1) is 5.69 Å². The number of hydrogen-bond donors (Lipinski definition) is 2. The third kappa shape index (κ3) is 2.75. The number of nitrogens with zero attached hydrogens (tertiary/aromatic N) is 1. The third-order valence-electron chi connectivity index (χ3n) is 3.01. The highest BCUT2D eigenvalue weighted by molar-refractivity contribution is 7.93. The summed E-state index contributed by atoms with van der Waals surface area (Å²) in [5, 5.41) is 0. The van der Waals surface area contributed by atoms with E-state index < -0.39 is 10.0 Å². The fourth-order valence-electron chi connectivity index (χ4n) is 1.95. The van der Waals surface area contributed by atoms with E-state index in [4.69, 9.17) is 5.73 Å². The SMILES string of the molecule is Cc1cccc(NS(=O)(=O)c2c(C)ccc(C)c2N)n1. The van der Waals surface area contributed by atoms with Crippen LogP contribution in [0.3, 0.4) is 0 Å². The van der Waals surface area contributed by atoms with E-state index in [-0.39, 0.29) is 16.4 Å². The standard InChI is InChI=1S/C14H17N3O2S/c1-9-7-8-10(2)14(13(9)15)20(18,19)17-12-6-4-5-11(3)16-12/h4-8H,15H2,1-3H3,(H,16,17). The smallest absolute Gasteiger partial charge is 0.265 e. The molecule has 0 aliphatic rings. The Morgan fingerprint density at radius 2 is 1.70 bits per heavy atom. The Morgan fingerprint density at radius 1 is 1.05 bits per heavy atom. The molecule has 0 unspecified atom stereocenters. The van der Waals surface area contributed by atoms with E-state index in [1.807, 2.05) is 0 Å². The Kier molecular flexibility index (Phi) is 3.67. The molecule has 2 aromatic rings. The predicted molar refractivity (Wildman–Crippen MR) is 80.1 cm³/mol. The van der Waals surface area contributed by atoms with Crippen molar-refractivity contribution in [1.29, 1.82) is 0 Å². The molecule has 20 heavy (non-hydrogen) atoms. The summed E-state index contributed by atoms with van der Waals surface area (Å²) in [6, 6.07) is 8.68. The van der Waals surface area contributed by atoms with Crippen LogP contribution >= 0.6 is 0 Å². The number of benzene rings is 1. The van der Waals surface area contributed by atoms with E-state index in [1.54, 1.807) is 51.1 Å². The van der Waals surface area contributed by atoms with Gasteiger partial charge in [0.1, 0.15) is 10.7 Å². The molecule has 0 aliphatic carbocycles. The number of nitrogen functional groups attached to an aromatic ring is 1. The lowest BCUT2D eigenvalue weighted by Gasteiger charge is -2.14. The minimum atomic E-state index is -3.75. The number of anilines is 2. The number of pyridine rings is 1. The third-order valence-corrected chi connectivity index (χ3v) is 4.56. The van der Waals surface area contributed by atoms with Crippen molar-refractivity contribution in [2.75, 3.05) is 10.5 Å². The first kappa shape index (κ1) is 14.3. The number of nitrogens with two attached hydrogens (primary N) is 1. The van der Waals surface area contributed by atoms with Gasteiger partial charge in [0.2, 0.25) is 0 Å². The maximum Gasteiger partial charge on any atom is 0.265 e. The van der Waals surface area contributed by atoms with Crippen LogP contribution in [0.1, 0.15) is 16.8 Å². The Bertz CT molecular complexity index is 755. The molecule has 1 heterocycles. The summed E-state index contributed by atoms with van der Waals surface area (Å²) in [6.45, 7) is 5.29. The summed E-state index contributed by atoms with van der Waals surface area (Å²) in [5.41, 5.74) is 8.25. The molecule has 0 fully saturated rings. The zero-order chi connectivity index (χ0) is 14.9. The van der Waals surface area contributed by atoms with Crippen molar-refractivity contribution in [2.24, 2.45) is 0 Å². The molecule has 0 saturated heterocycles. The van der Waals surface area contributed by atoms with Gasteiger partial charge in [-0.15, -0.1) is 0 Å². The summed E-state index contributed by atoms with van der Waals surface area (Å²) in [7, 11) is -3.75. The zero-order valence-electron chi connectivity index (χ0n) is 11.6. The number of rotatable bonds is 3. The van der Waals surface area contributed by atoms with Gasteiger partial charge < -0.3 is 5.73 Å². The Labute approximate surface area is 118 Å². The molecule has 0 atom stereocenters. The fraction of sp³-hybridized carbons (Fsp3) is 0.214. The van der Waals surface area contributed by atoms with Crippen LogP contribution in [0.4, 0.5) is 11.5 Å². The first-order valence-corrected chi connectivity index (χ1v) is 7.62. The van der Waals surface area contributed by atoms with Crippen LogP contribution in [-0.2, 0) is 10.0 Å². The second kappa shape index (κ2) is 5.13. The largest absolute Gasteiger partial charge is 0.397 e. The van der Waals surface area contributed by atoms with Crippen molar-refractivity contribution in [1.82, 2.24) is 4.98 Å². The minimum absolute atomic E-state index is 0.112. The highest BCUT2D eigenvalue weighted by Crippen LogP contribution is 2.27. The molecular weight excluding hydrogens is 274 g/mol. The number of aryl methyl sites for hydroxylation is 3. The average molecular weight is 291 g/mol. The van der Waals surface area contributed by atoms with Gasteiger partial charge in [0, 0.05) is 5.69 Å². The lowest BCUT2D eigenvalue weighted by Crippen LogP contribution is -2.17. The van der Waals surface area contributed by atoms with Gasteiger partial charge in [-0.05, 0) is 44.0 Å². The topological polar surface area (TPSA) is 85.1 Å². The molecule has 6 heteroatoms. The quantitative estimate of drug-likeness (QED) is 0.850. The van der Waals surface area contributed by atoms with E-state index in [9.17, 15) is 8.42 Å². The minimum Gasteiger partial charge on any atom is -0.397 e. The summed E-state index contributed by atoms with van der Waals surface area (Å²) in [6.07, 6.45) is 0. The number of aromatic nitrogens is 1. The van der Waals surface area contributed by atoms with Crippen molar-refractivity contribution in [2.45, 2.75) is 25.7 Å². The van der Waals surface area contributed by atoms with E-state index in [1.165, 1.54) is 0 Å². The van der Waals surface area contributed by atoms with Gasteiger partial charge in [0.25, 0.3) is 10.0 Å². The first-order chi connectivity index (χ1) is 9.31. The normalized spacial score (nSPS) is 11.3. The molecule has 0 amide bonds. The predicted octanol–water partition coefficient (Wildman–Crippen LogP) is 2.39. The first-order valence-electron chi connectivity index (χ1n) is 6.13. The Balaban J connectivity index is 2.49. The molecule has 1 aromatic carbocycles.